The number of hydrogen-bond acceptors (Lipinski definition) is 2. The minimum absolute atomic E-state index is 0.184. The van der Waals surface area contributed by atoms with Crippen molar-refractivity contribution >= 4 is 5.78 Å². The Morgan fingerprint density at radius 1 is 1.44 bits per heavy atom. The first-order valence-corrected chi connectivity index (χ1v) is 3.53. The van der Waals surface area contributed by atoms with E-state index < -0.39 is 0 Å². The van der Waals surface area contributed by atoms with E-state index in [0.717, 1.165) is 19.3 Å². The third kappa shape index (κ3) is 5.50. The standard InChI is InChI=1S/C7H15NO/c1-2-3-4-5-7(9)6-8/h2-6,8H2,1H3. The van der Waals surface area contributed by atoms with E-state index in [2.05, 4.69) is 6.92 Å². The molecule has 54 valence electrons. The van der Waals surface area contributed by atoms with Gasteiger partial charge in [0.25, 0.3) is 0 Å². The van der Waals surface area contributed by atoms with Crippen molar-refractivity contribution in [1.82, 2.24) is 0 Å². The number of unbranched alkanes of at least 4 members (excludes halogenated alkanes) is 2. The molecule has 0 radical (unpaired) electrons. The number of ketones is 1. The second-order valence-electron chi connectivity index (χ2n) is 2.20. The van der Waals surface area contributed by atoms with Gasteiger partial charge >= 0.3 is 0 Å². The predicted octanol–water partition coefficient (Wildman–Crippen LogP) is 1.09. The fraction of sp³-hybridized carbons (Fsp3) is 0.857. The number of rotatable bonds is 5. The van der Waals surface area contributed by atoms with E-state index in [9.17, 15) is 4.79 Å². The van der Waals surface area contributed by atoms with Gasteiger partial charge in [-0.3, -0.25) is 4.79 Å². The Morgan fingerprint density at radius 3 is 2.56 bits per heavy atom. The van der Waals surface area contributed by atoms with Crippen LogP contribution in [0.25, 0.3) is 0 Å². The first-order valence-electron chi connectivity index (χ1n) is 3.53. The summed E-state index contributed by atoms with van der Waals surface area (Å²) in [5, 5.41) is 0. The SMILES string of the molecule is CCCCCC(=O)CN. The van der Waals surface area contributed by atoms with E-state index in [-0.39, 0.29) is 12.3 Å². The number of carbonyl (C=O) groups excluding carboxylic acids is 1. The molecule has 0 saturated heterocycles. The maximum absolute atomic E-state index is 10.6. The molecule has 0 spiro atoms. The molecule has 0 saturated carbocycles. The van der Waals surface area contributed by atoms with Gasteiger partial charge in [-0.05, 0) is 6.42 Å². The van der Waals surface area contributed by atoms with Crippen LogP contribution in [0.3, 0.4) is 0 Å². The number of hydrogen-bond donors (Lipinski definition) is 1. The van der Waals surface area contributed by atoms with E-state index in [1.54, 1.807) is 0 Å². The molecule has 0 aromatic heterocycles. The molecule has 0 heterocycles. The van der Waals surface area contributed by atoms with Crippen molar-refractivity contribution in [3.05, 3.63) is 0 Å². The van der Waals surface area contributed by atoms with E-state index >= 15 is 0 Å². The molecule has 9 heavy (non-hydrogen) atoms. The van der Waals surface area contributed by atoms with E-state index in [0.29, 0.717) is 6.42 Å². The van der Waals surface area contributed by atoms with E-state index in [1.807, 2.05) is 0 Å². The third-order valence-corrected chi connectivity index (χ3v) is 1.29. The molecule has 2 N–H and O–H groups in total. The first-order chi connectivity index (χ1) is 4.31. The van der Waals surface area contributed by atoms with E-state index in [1.165, 1.54) is 0 Å². The molecule has 0 fully saturated rings. The van der Waals surface area contributed by atoms with Gasteiger partial charge in [0.1, 0.15) is 5.78 Å². The molecule has 0 amide bonds. The Balaban J connectivity index is 2.97. The normalized spacial score (nSPS) is 9.56. The van der Waals surface area contributed by atoms with Crippen LogP contribution in [0.15, 0.2) is 0 Å². The van der Waals surface area contributed by atoms with Crippen LogP contribution in [0.5, 0.6) is 0 Å². The third-order valence-electron chi connectivity index (χ3n) is 1.29. The summed E-state index contributed by atoms with van der Waals surface area (Å²) in [6.45, 7) is 2.33. The van der Waals surface area contributed by atoms with Crippen molar-refractivity contribution < 1.29 is 4.79 Å². The maximum atomic E-state index is 10.6. The second kappa shape index (κ2) is 5.76. The molecule has 0 bridgehead atoms. The van der Waals surface area contributed by atoms with Gasteiger partial charge in [0.2, 0.25) is 0 Å². The van der Waals surface area contributed by atoms with Gasteiger partial charge in [-0.25, -0.2) is 0 Å². The van der Waals surface area contributed by atoms with Crippen LogP contribution in [-0.4, -0.2) is 12.3 Å². The van der Waals surface area contributed by atoms with Crippen molar-refractivity contribution in [3.8, 4) is 0 Å². The van der Waals surface area contributed by atoms with Crippen LogP contribution in [0.1, 0.15) is 32.6 Å². The lowest BCUT2D eigenvalue weighted by Gasteiger charge is -1.94. The summed E-state index contributed by atoms with van der Waals surface area (Å²) in [5.41, 5.74) is 5.10. The summed E-state index contributed by atoms with van der Waals surface area (Å²) in [5.74, 6) is 0.184. The summed E-state index contributed by atoms with van der Waals surface area (Å²) >= 11 is 0. The summed E-state index contributed by atoms with van der Waals surface area (Å²) in [7, 11) is 0. The average Bonchev–Trinajstić information content (AvgIpc) is 1.89. The Hall–Kier alpha value is -0.370. The predicted molar refractivity (Wildman–Crippen MR) is 38.2 cm³/mol. The molecule has 0 aromatic rings. The van der Waals surface area contributed by atoms with Gasteiger partial charge in [0.15, 0.2) is 0 Å². The smallest absolute Gasteiger partial charge is 0.146 e. The summed E-state index contributed by atoms with van der Waals surface area (Å²) < 4.78 is 0. The second-order valence-corrected chi connectivity index (χ2v) is 2.20. The number of Topliss-reactive ketones (excluding diaryl/α,β-unsaturated/α-hetero) is 1. The van der Waals surface area contributed by atoms with Gasteiger partial charge in [0.05, 0.1) is 6.54 Å². The molecule has 2 heteroatoms. The minimum Gasteiger partial charge on any atom is -0.324 e. The Kier molecular flexibility index (Phi) is 5.52. The highest BCUT2D eigenvalue weighted by Gasteiger charge is 1.95. The molecule has 0 aromatic carbocycles. The first kappa shape index (κ1) is 8.63. The zero-order chi connectivity index (χ0) is 7.11. The van der Waals surface area contributed by atoms with Gasteiger partial charge in [-0.1, -0.05) is 19.8 Å². The van der Waals surface area contributed by atoms with Gasteiger partial charge in [0, 0.05) is 6.42 Å². The maximum Gasteiger partial charge on any atom is 0.146 e. The lowest BCUT2D eigenvalue weighted by atomic mass is 10.1. The quantitative estimate of drug-likeness (QED) is 0.565. The van der Waals surface area contributed by atoms with Crippen LogP contribution in [0.4, 0.5) is 0 Å². The van der Waals surface area contributed by atoms with Crippen LogP contribution >= 0.6 is 0 Å². The van der Waals surface area contributed by atoms with Crippen LogP contribution in [0, 0.1) is 0 Å². The highest BCUT2D eigenvalue weighted by Crippen LogP contribution is 1.98. The van der Waals surface area contributed by atoms with Crippen LogP contribution in [-0.2, 0) is 4.79 Å². The molecule has 0 unspecified atom stereocenters. The highest BCUT2D eigenvalue weighted by molar-refractivity contribution is 5.80. The monoisotopic (exact) mass is 129 g/mol. The van der Waals surface area contributed by atoms with Gasteiger partial charge in [-0.15, -0.1) is 0 Å². The lowest BCUT2D eigenvalue weighted by molar-refractivity contribution is -0.117. The molecule has 0 aliphatic carbocycles. The molecular formula is C7H15NO. The number of nitrogens with two attached hydrogens (primary N) is 1. The molecule has 0 aliphatic rings. The molecule has 0 aliphatic heterocycles. The summed E-state index contributed by atoms with van der Waals surface area (Å²) in [6, 6.07) is 0. The zero-order valence-corrected chi connectivity index (χ0v) is 6.02. The van der Waals surface area contributed by atoms with Crippen LogP contribution < -0.4 is 5.73 Å². The van der Waals surface area contributed by atoms with Crippen molar-refractivity contribution in [1.29, 1.82) is 0 Å². The summed E-state index contributed by atoms with van der Waals surface area (Å²) in [4.78, 5) is 10.6. The fourth-order valence-corrected chi connectivity index (χ4v) is 0.674. The highest BCUT2D eigenvalue weighted by atomic mass is 16.1. The average molecular weight is 129 g/mol. The van der Waals surface area contributed by atoms with Crippen molar-refractivity contribution in [3.63, 3.8) is 0 Å². The Labute approximate surface area is 56.4 Å². The molecule has 2 nitrogen and oxygen atoms in total. The topological polar surface area (TPSA) is 43.1 Å². The van der Waals surface area contributed by atoms with Crippen LogP contribution in [0.2, 0.25) is 0 Å². The molecular weight excluding hydrogens is 114 g/mol. The minimum atomic E-state index is 0.184. The van der Waals surface area contributed by atoms with Gasteiger partial charge in [-0.2, -0.15) is 0 Å². The van der Waals surface area contributed by atoms with Crippen molar-refractivity contribution in [2.45, 2.75) is 32.6 Å². The summed E-state index contributed by atoms with van der Waals surface area (Å²) in [6.07, 6.45) is 3.99. The van der Waals surface area contributed by atoms with Gasteiger partial charge < -0.3 is 5.73 Å². The lowest BCUT2D eigenvalue weighted by Crippen LogP contribution is -2.12. The number of carbonyl (C=O) groups is 1. The fourth-order valence-electron chi connectivity index (χ4n) is 0.674. The zero-order valence-electron chi connectivity index (χ0n) is 6.02. The molecule has 0 rings (SSSR count). The van der Waals surface area contributed by atoms with E-state index in [4.69, 9.17) is 5.73 Å². The largest absolute Gasteiger partial charge is 0.324 e. The Bertz CT molecular complexity index is 81.0. The van der Waals surface area contributed by atoms with Crippen molar-refractivity contribution in [2.75, 3.05) is 6.54 Å². The van der Waals surface area contributed by atoms with Crippen molar-refractivity contribution in [2.24, 2.45) is 5.73 Å². The molecule has 0 atom stereocenters. The Morgan fingerprint density at radius 2 is 2.11 bits per heavy atom.